The van der Waals surface area contributed by atoms with Gasteiger partial charge in [0.1, 0.15) is 5.82 Å². The van der Waals surface area contributed by atoms with Crippen molar-refractivity contribution in [1.82, 2.24) is 20.4 Å². The van der Waals surface area contributed by atoms with Gasteiger partial charge in [-0.3, -0.25) is 0 Å². The van der Waals surface area contributed by atoms with E-state index in [1.165, 1.54) is 18.2 Å². The molecule has 0 spiro atoms. The van der Waals surface area contributed by atoms with Crippen molar-refractivity contribution in [1.29, 1.82) is 0 Å². The lowest BCUT2D eigenvalue weighted by molar-refractivity contribution is -0.193. The minimum atomic E-state index is -4.73. The fourth-order valence-corrected chi connectivity index (χ4v) is 3.70. The third-order valence-corrected chi connectivity index (χ3v) is 5.54. The molecular weight excluding hydrogens is 420 g/mol. The van der Waals surface area contributed by atoms with Crippen LogP contribution < -0.4 is 5.32 Å². The molecule has 2 aliphatic rings. The molecule has 1 aromatic carbocycles. The lowest BCUT2D eigenvalue weighted by Gasteiger charge is -2.28. The summed E-state index contributed by atoms with van der Waals surface area (Å²) in [5, 5.41) is 6.27. The van der Waals surface area contributed by atoms with E-state index in [1.807, 2.05) is 6.08 Å². The van der Waals surface area contributed by atoms with Gasteiger partial charge in [-0.05, 0) is 25.0 Å². The van der Waals surface area contributed by atoms with Gasteiger partial charge in [0.2, 0.25) is 11.7 Å². The quantitative estimate of drug-likeness (QED) is 0.582. The number of hydrogen-bond acceptors (Lipinski definition) is 5. The van der Waals surface area contributed by atoms with E-state index in [2.05, 4.69) is 15.5 Å². The minimum Gasteiger partial charge on any atom is -0.377 e. The molecule has 7 nitrogen and oxygen atoms in total. The van der Waals surface area contributed by atoms with E-state index in [4.69, 9.17) is 9.26 Å². The number of halogens is 4. The average molecular weight is 440 g/mol. The zero-order valence-electron chi connectivity index (χ0n) is 16.4. The third-order valence-electron chi connectivity index (χ3n) is 5.54. The van der Waals surface area contributed by atoms with Crippen LogP contribution in [0.1, 0.15) is 18.7 Å². The highest BCUT2D eigenvalue weighted by atomic mass is 19.4. The van der Waals surface area contributed by atoms with Crippen molar-refractivity contribution in [3.05, 3.63) is 47.6 Å². The number of nitrogens with zero attached hydrogens (tertiary/aromatic N) is 3. The predicted octanol–water partition coefficient (Wildman–Crippen LogP) is 3.44. The summed E-state index contributed by atoms with van der Waals surface area (Å²) in [5.74, 6) is -1.35. The van der Waals surface area contributed by atoms with E-state index in [9.17, 15) is 22.4 Å². The van der Waals surface area contributed by atoms with Gasteiger partial charge in [-0.1, -0.05) is 28.9 Å². The van der Waals surface area contributed by atoms with Crippen molar-refractivity contribution in [3.8, 4) is 11.4 Å². The third kappa shape index (κ3) is 4.27. The van der Waals surface area contributed by atoms with Crippen LogP contribution in [0.4, 0.5) is 22.4 Å². The number of alkyl halides is 3. The molecule has 0 saturated carbocycles. The Morgan fingerprint density at radius 3 is 2.87 bits per heavy atom. The molecule has 2 aliphatic heterocycles. The van der Waals surface area contributed by atoms with Gasteiger partial charge in [-0.25, -0.2) is 9.18 Å². The second-order valence-electron chi connectivity index (χ2n) is 7.53. The number of ether oxygens (including phenoxy) is 1. The summed E-state index contributed by atoms with van der Waals surface area (Å²) in [4.78, 5) is 17.5. The average Bonchev–Trinajstić information content (AvgIpc) is 3.41. The maximum Gasteiger partial charge on any atom is 0.405 e. The molecule has 1 atom stereocenters. The number of likely N-dealkylation sites (tertiary alicyclic amines) is 1. The number of nitrogens with one attached hydrogen (secondary N) is 1. The standard InChI is InChI=1S/C20H20F4N4O3/c21-15-3-1-2-14(10-15)16-26-17(31-27-16)19(20(22,23)24)6-7-28(12-19)18(29)25-11-13-4-8-30-9-5-13/h1-4,10H,5-9,11-12H2,(H,25,29). The summed E-state index contributed by atoms with van der Waals surface area (Å²) in [5.41, 5.74) is -1.32. The molecule has 1 unspecified atom stereocenters. The summed E-state index contributed by atoms with van der Waals surface area (Å²) < 4.78 is 66.0. The van der Waals surface area contributed by atoms with Crippen LogP contribution in [-0.2, 0) is 10.2 Å². The van der Waals surface area contributed by atoms with E-state index in [-0.39, 0.29) is 24.5 Å². The van der Waals surface area contributed by atoms with Crippen LogP contribution in [0.2, 0.25) is 0 Å². The number of urea groups is 1. The number of amides is 2. The van der Waals surface area contributed by atoms with E-state index in [0.717, 1.165) is 16.5 Å². The van der Waals surface area contributed by atoms with Gasteiger partial charge in [0, 0.05) is 25.2 Å². The van der Waals surface area contributed by atoms with Gasteiger partial charge in [-0.2, -0.15) is 18.2 Å². The van der Waals surface area contributed by atoms with Crippen molar-refractivity contribution in [3.63, 3.8) is 0 Å². The Morgan fingerprint density at radius 1 is 1.32 bits per heavy atom. The Kier molecular flexibility index (Phi) is 5.69. The van der Waals surface area contributed by atoms with Crippen molar-refractivity contribution < 1.29 is 31.6 Å². The van der Waals surface area contributed by atoms with Crippen LogP contribution in [-0.4, -0.2) is 60.1 Å². The zero-order valence-corrected chi connectivity index (χ0v) is 16.4. The molecule has 2 aromatic rings. The highest BCUT2D eigenvalue weighted by Gasteiger charge is 2.63. The molecule has 1 aromatic heterocycles. The predicted molar refractivity (Wildman–Crippen MR) is 101 cm³/mol. The fraction of sp³-hybridized carbons (Fsp3) is 0.450. The summed E-state index contributed by atoms with van der Waals surface area (Å²) in [6.45, 7) is 0.493. The first-order valence-electron chi connectivity index (χ1n) is 9.74. The summed E-state index contributed by atoms with van der Waals surface area (Å²) in [6.07, 6.45) is -2.62. The zero-order chi connectivity index (χ0) is 22.1. The molecule has 0 bridgehead atoms. The molecule has 1 fully saturated rings. The van der Waals surface area contributed by atoms with Gasteiger partial charge >= 0.3 is 12.2 Å². The number of carbonyl (C=O) groups is 1. The highest BCUT2D eigenvalue weighted by molar-refractivity contribution is 5.75. The van der Waals surface area contributed by atoms with Crippen LogP contribution in [0.15, 0.2) is 40.4 Å². The molecule has 166 valence electrons. The number of benzene rings is 1. The SMILES string of the molecule is O=C(NCC1=CCOCC1)N1CCC(c2nc(-c3cccc(F)c3)no2)(C(F)(F)F)C1. The number of carbonyl (C=O) groups excluding carboxylic acids is 1. The smallest absolute Gasteiger partial charge is 0.377 e. The van der Waals surface area contributed by atoms with Crippen molar-refractivity contribution in [2.45, 2.75) is 24.4 Å². The summed E-state index contributed by atoms with van der Waals surface area (Å²) in [6, 6.07) is 4.58. The van der Waals surface area contributed by atoms with Crippen LogP contribution in [0.5, 0.6) is 0 Å². The topological polar surface area (TPSA) is 80.5 Å². The van der Waals surface area contributed by atoms with Gasteiger partial charge in [0.25, 0.3) is 0 Å². The first-order chi connectivity index (χ1) is 14.8. The van der Waals surface area contributed by atoms with Gasteiger partial charge in [-0.15, -0.1) is 0 Å². The second kappa shape index (κ2) is 8.29. The highest BCUT2D eigenvalue weighted by Crippen LogP contribution is 2.47. The number of aromatic nitrogens is 2. The molecule has 0 radical (unpaired) electrons. The Hall–Kier alpha value is -2.95. The van der Waals surface area contributed by atoms with Crippen LogP contribution in [0, 0.1) is 5.82 Å². The molecule has 3 heterocycles. The molecular formula is C20H20F4N4O3. The van der Waals surface area contributed by atoms with E-state index < -0.39 is 42.3 Å². The van der Waals surface area contributed by atoms with Crippen molar-refractivity contribution >= 4 is 6.03 Å². The van der Waals surface area contributed by atoms with Crippen LogP contribution in [0.25, 0.3) is 11.4 Å². The van der Waals surface area contributed by atoms with Gasteiger partial charge in [0.05, 0.1) is 13.2 Å². The Morgan fingerprint density at radius 2 is 2.16 bits per heavy atom. The molecule has 0 aliphatic carbocycles. The number of hydrogen-bond donors (Lipinski definition) is 1. The van der Waals surface area contributed by atoms with Crippen LogP contribution in [0.3, 0.4) is 0 Å². The first kappa shape index (κ1) is 21.3. The monoisotopic (exact) mass is 440 g/mol. The second-order valence-corrected chi connectivity index (χ2v) is 7.53. The van der Waals surface area contributed by atoms with E-state index in [1.54, 1.807) is 0 Å². The molecule has 11 heteroatoms. The maximum absolute atomic E-state index is 14.1. The lowest BCUT2D eigenvalue weighted by atomic mass is 9.86. The Bertz CT molecular complexity index is 991. The summed E-state index contributed by atoms with van der Waals surface area (Å²) >= 11 is 0. The van der Waals surface area contributed by atoms with E-state index in [0.29, 0.717) is 19.6 Å². The van der Waals surface area contributed by atoms with Gasteiger partial charge in [0.15, 0.2) is 5.41 Å². The first-order valence-corrected chi connectivity index (χ1v) is 9.74. The Labute approximate surface area is 175 Å². The molecule has 2 amide bonds. The number of rotatable bonds is 4. The molecule has 1 saturated heterocycles. The van der Waals surface area contributed by atoms with Gasteiger partial charge < -0.3 is 19.5 Å². The maximum atomic E-state index is 14.1. The normalized spacial score (nSPS) is 21.8. The Balaban J connectivity index is 1.52. The van der Waals surface area contributed by atoms with Crippen LogP contribution >= 0.6 is 0 Å². The molecule has 31 heavy (non-hydrogen) atoms. The lowest BCUT2D eigenvalue weighted by Crippen LogP contribution is -2.47. The van der Waals surface area contributed by atoms with Crippen molar-refractivity contribution in [2.75, 3.05) is 32.8 Å². The van der Waals surface area contributed by atoms with Crippen molar-refractivity contribution in [2.24, 2.45) is 0 Å². The summed E-state index contributed by atoms with van der Waals surface area (Å²) in [7, 11) is 0. The largest absolute Gasteiger partial charge is 0.405 e. The molecule has 1 N–H and O–H groups in total. The van der Waals surface area contributed by atoms with E-state index >= 15 is 0 Å². The molecule has 4 rings (SSSR count). The fourth-order valence-electron chi connectivity index (χ4n) is 3.70. The minimum absolute atomic E-state index is 0.120.